The molecule has 0 aliphatic carbocycles. The number of anilines is 2. The summed E-state index contributed by atoms with van der Waals surface area (Å²) in [6.07, 6.45) is 1.79. The molecule has 0 aliphatic heterocycles. The Morgan fingerprint density at radius 2 is 2.06 bits per heavy atom. The molecule has 0 fully saturated rings. The van der Waals surface area contributed by atoms with Gasteiger partial charge in [0.05, 0.1) is 0 Å². The van der Waals surface area contributed by atoms with E-state index in [1.165, 1.54) is 5.56 Å². The molecule has 0 radical (unpaired) electrons. The minimum Gasteiger partial charge on any atom is -0.378 e. The lowest BCUT2D eigenvalue weighted by atomic mass is 10.1. The van der Waals surface area contributed by atoms with Gasteiger partial charge in [-0.2, -0.15) is 0 Å². The quantitative estimate of drug-likeness (QED) is 0.894. The van der Waals surface area contributed by atoms with Crippen LogP contribution in [0.15, 0.2) is 47.1 Å². The molecule has 1 heterocycles. The van der Waals surface area contributed by atoms with E-state index in [1.54, 1.807) is 6.20 Å². The van der Waals surface area contributed by atoms with Crippen LogP contribution in [0.5, 0.6) is 0 Å². The highest BCUT2D eigenvalue weighted by Gasteiger charge is 2.06. The average molecular weight is 306 g/mol. The molecular formula is C14H16BrN3. The van der Waals surface area contributed by atoms with Crippen LogP contribution < -0.4 is 10.6 Å². The molecule has 0 aliphatic rings. The fraction of sp³-hybridized carbons (Fsp3) is 0.214. The molecule has 94 valence electrons. The normalized spacial score (nSPS) is 11.9. The molecule has 2 rings (SSSR count). The summed E-state index contributed by atoms with van der Waals surface area (Å²) in [6.45, 7) is 2.14. The molecule has 1 unspecified atom stereocenters. The van der Waals surface area contributed by atoms with Crippen LogP contribution in [0, 0.1) is 0 Å². The zero-order chi connectivity index (χ0) is 13.0. The van der Waals surface area contributed by atoms with Gasteiger partial charge in [-0.15, -0.1) is 0 Å². The summed E-state index contributed by atoms with van der Waals surface area (Å²) >= 11 is 3.49. The van der Waals surface area contributed by atoms with Crippen LogP contribution in [-0.4, -0.2) is 12.0 Å². The predicted molar refractivity (Wildman–Crippen MR) is 80.0 cm³/mol. The van der Waals surface area contributed by atoms with Crippen LogP contribution in [-0.2, 0) is 0 Å². The van der Waals surface area contributed by atoms with Crippen LogP contribution in [0.4, 0.5) is 11.5 Å². The second kappa shape index (κ2) is 5.87. The molecule has 1 aromatic heterocycles. The molecule has 18 heavy (non-hydrogen) atoms. The summed E-state index contributed by atoms with van der Waals surface area (Å²) in [4.78, 5) is 4.19. The van der Waals surface area contributed by atoms with E-state index in [1.807, 2.05) is 31.3 Å². The Labute approximate surface area is 116 Å². The number of benzene rings is 1. The van der Waals surface area contributed by atoms with Gasteiger partial charge in [-0.3, -0.25) is 0 Å². The van der Waals surface area contributed by atoms with Crippen molar-refractivity contribution in [1.29, 1.82) is 0 Å². The first-order valence-electron chi connectivity index (χ1n) is 5.85. The standard InChI is InChI=1S/C14H16BrN3/c1-10(11-4-3-5-12(15)8-11)18-13-6-7-17-14(9-13)16-2/h3-10H,1-2H3,(H2,16,17,18). The van der Waals surface area contributed by atoms with E-state index in [9.17, 15) is 0 Å². The first-order chi connectivity index (χ1) is 8.69. The van der Waals surface area contributed by atoms with Gasteiger partial charge in [0.2, 0.25) is 0 Å². The third kappa shape index (κ3) is 3.23. The second-order valence-electron chi connectivity index (χ2n) is 4.10. The molecule has 1 atom stereocenters. The lowest BCUT2D eigenvalue weighted by Crippen LogP contribution is -2.07. The van der Waals surface area contributed by atoms with E-state index in [-0.39, 0.29) is 6.04 Å². The van der Waals surface area contributed by atoms with Gasteiger partial charge in [-0.1, -0.05) is 28.1 Å². The first-order valence-corrected chi connectivity index (χ1v) is 6.64. The number of pyridine rings is 1. The Balaban J connectivity index is 2.13. The average Bonchev–Trinajstić information content (AvgIpc) is 2.39. The van der Waals surface area contributed by atoms with E-state index in [0.29, 0.717) is 0 Å². The number of rotatable bonds is 4. The Hall–Kier alpha value is -1.55. The van der Waals surface area contributed by atoms with Gasteiger partial charge >= 0.3 is 0 Å². The Kier molecular flexibility index (Phi) is 4.20. The zero-order valence-electron chi connectivity index (χ0n) is 10.4. The summed E-state index contributed by atoms with van der Waals surface area (Å²) in [6, 6.07) is 12.5. The predicted octanol–water partition coefficient (Wildman–Crippen LogP) is 4.06. The highest BCUT2D eigenvalue weighted by atomic mass is 79.9. The highest BCUT2D eigenvalue weighted by Crippen LogP contribution is 2.22. The van der Waals surface area contributed by atoms with E-state index in [2.05, 4.69) is 50.6 Å². The second-order valence-corrected chi connectivity index (χ2v) is 5.02. The van der Waals surface area contributed by atoms with Gasteiger partial charge in [0.25, 0.3) is 0 Å². The lowest BCUT2D eigenvalue weighted by Gasteiger charge is -2.16. The minimum atomic E-state index is 0.245. The summed E-state index contributed by atoms with van der Waals surface area (Å²) in [5.74, 6) is 0.862. The molecule has 2 N–H and O–H groups in total. The third-order valence-electron chi connectivity index (χ3n) is 2.75. The van der Waals surface area contributed by atoms with E-state index in [4.69, 9.17) is 0 Å². The number of halogens is 1. The molecule has 0 amide bonds. The summed E-state index contributed by atoms with van der Waals surface area (Å²) in [7, 11) is 1.86. The molecule has 2 aromatic rings. The number of nitrogens with one attached hydrogen (secondary N) is 2. The van der Waals surface area contributed by atoms with Crippen LogP contribution in [0.25, 0.3) is 0 Å². The van der Waals surface area contributed by atoms with Gasteiger partial charge in [0.1, 0.15) is 5.82 Å². The molecule has 3 nitrogen and oxygen atoms in total. The first kappa shape index (κ1) is 12.9. The number of aromatic nitrogens is 1. The smallest absolute Gasteiger partial charge is 0.127 e. The van der Waals surface area contributed by atoms with Gasteiger partial charge in [-0.25, -0.2) is 4.98 Å². The van der Waals surface area contributed by atoms with Gasteiger partial charge in [-0.05, 0) is 30.7 Å². The van der Waals surface area contributed by atoms with Crippen molar-refractivity contribution in [2.24, 2.45) is 0 Å². The summed E-state index contributed by atoms with van der Waals surface area (Å²) < 4.78 is 1.10. The van der Waals surface area contributed by atoms with Crippen LogP contribution >= 0.6 is 15.9 Å². The zero-order valence-corrected chi connectivity index (χ0v) is 12.0. The summed E-state index contributed by atoms with van der Waals surface area (Å²) in [5.41, 5.74) is 2.30. The van der Waals surface area contributed by atoms with E-state index >= 15 is 0 Å². The summed E-state index contributed by atoms with van der Waals surface area (Å²) in [5, 5.41) is 6.49. The van der Waals surface area contributed by atoms with Gasteiger partial charge < -0.3 is 10.6 Å². The topological polar surface area (TPSA) is 37.0 Å². The maximum atomic E-state index is 4.19. The highest BCUT2D eigenvalue weighted by molar-refractivity contribution is 9.10. The van der Waals surface area contributed by atoms with E-state index in [0.717, 1.165) is 16.0 Å². The van der Waals surface area contributed by atoms with Crippen molar-refractivity contribution in [3.05, 3.63) is 52.6 Å². The maximum Gasteiger partial charge on any atom is 0.127 e. The fourth-order valence-corrected chi connectivity index (χ4v) is 2.18. The molecular weight excluding hydrogens is 290 g/mol. The number of hydrogen-bond acceptors (Lipinski definition) is 3. The molecule has 0 saturated heterocycles. The Morgan fingerprint density at radius 3 is 2.78 bits per heavy atom. The van der Waals surface area contributed by atoms with Crippen molar-refractivity contribution in [2.75, 3.05) is 17.7 Å². The molecule has 1 aromatic carbocycles. The van der Waals surface area contributed by atoms with Crippen LogP contribution in [0.1, 0.15) is 18.5 Å². The third-order valence-corrected chi connectivity index (χ3v) is 3.24. The molecule has 0 bridgehead atoms. The SMILES string of the molecule is CNc1cc(NC(C)c2cccc(Br)c2)ccn1. The van der Waals surface area contributed by atoms with Crippen molar-refractivity contribution in [1.82, 2.24) is 4.98 Å². The van der Waals surface area contributed by atoms with E-state index < -0.39 is 0 Å². The molecule has 0 spiro atoms. The van der Waals surface area contributed by atoms with Gasteiger partial charge in [0, 0.05) is 35.5 Å². The van der Waals surface area contributed by atoms with Crippen LogP contribution in [0.3, 0.4) is 0 Å². The van der Waals surface area contributed by atoms with Crippen molar-refractivity contribution in [3.8, 4) is 0 Å². The van der Waals surface area contributed by atoms with Crippen molar-refractivity contribution >= 4 is 27.4 Å². The Bertz CT molecular complexity index is 528. The fourth-order valence-electron chi connectivity index (χ4n) is 1.77. The maximum absolute atomic E-state index is 4.19. The van der Waals surface area contributed by atoms with Gasteiger partial charge in [0.15, 0.2) is 0 Å². The van der Waals surface area contributed by atoms with Crippen molar-refractivity contribution in [3.63, 3.8) is 0 Å². The molecule has 4 heteroatoms. The number of nitrogens with zero attached hydrogens (tertiary/aromatic N) is 1. The number of hydrogen-bond donors (Lipinski definition) is 2. The minimum absolute atomic E-state index is 0.245. The largest absolute Gasteiger partial charge is 0.378 e. The Morgan fingerprint density at radius 1 is 1.22 bits per heavy atom. The van der Waals surface area contributed by atoms with Crippen LogP contribution in [0.2, 0.25) is 0 Å². The van der Waals surface area contributed by atoms with Crippen molar-refractivity contribution in [2.45, 2.75) is 13.0 Å². The van der Waals surface area contributed by atoms with Crippen molar-refractivity contribution < 1.29 is 0 Å². The molecule has 0 saturated carbocycles. The lowest BCUT2D eigenvalue weighted by molar-refractivity contribution is 0.883. The monoisotopic (exact) mass is 305 g/mol.